The molecule has 0 amide bonds. The van der Waals surface area contributed by atoms with E-state index in [1.807, 2.05) is 11.8 Å². The quantitative estimate of drug-likeness (QED) is 0.643. The Morgan fingerprint density at radius 2 is 2.07 bits per heavy atom. The van der Waals surface area contributed by atoms with E-state index >= 15 is 0 Å². The molecule has 1 unspecified atom stereocenters. The number of rotatable bonds is 4. The van der Waals surface area contributed by atoms with Gasteiger partial charge in [0, 0.05) is 11.8 Å². The van der Waals surface area contributed by atoms with E-state index in [-0.39, 0.29) is 19.3 Å². The zero-order valence-electron chi connectivity index (χ0n) is 8.99. The molecule has 0 radical (unpaired) electrons. The summed E-state index contributed by atoms with van der Waals surface area (Å²) >= 11 is 1.95. The van der Waals surface area contributed by atoms with E-state index in [0.717, 1.165) is 12.2 Å². The number of hydrogen-bond acceptors (Lipinski definition) is 4. The molecule has 1 heterocycles. The molecule has 1 aliphatic heterocycles. The molecule has 0 bridgehead atoms. The second-order valence-electron chi connectivity index (χ2n) is 4.81. The molecular formula is C10H21NO2S. The van der Waals surface area contributed by atoms with Gasteiger partial charge in [-0.2, -0.15) is 11.8 Å². The standard InChI is InChI=1S/C10H21NO2S/c1-10(2)3-8(6-14-7-10)11-9(4-12)5-13/h8-9,11-13H,3-7H2,1-2H3. The first-order valence-electron chi connectivity index (χ1n) is 5.13. The van der Waals surface area contributed by atoms with Crippen LogP contribution in [0.4, 0.5) is 0 Å². The van der Waals surface area contributed by atoms with Gasteiger partial charge in [-0.1, -0.05) is 13.8 Å². The van der Waals surface area contributed by atoms with Crippen LogP contribution in [0.15, 0.2) is 0 Å². The molecule has 4 heteroatoms. The molecule has 1 atom stereocenters. The van der Waals surface area contributed by atoms with Crippen LogP contribution in [0.25, 0.3) is 0 Å². The smallest absolute Gasteiger partial charge is 0.0607 e. The summed E-state index contributed by atoms with van der Waals surface area (Å²) in [5.74, 6) is 2.29. The van der Waals surface area contributed by atoms with E-state index in [4.69, 9.17) is 10.2 Å². The molecule has 1 aliphatic rings. The predicted octanol–water partition coefficient (Wildman–Crippen LogP) is 0.461. The Kier molecular flexibility index (Phi) is 4.70. The lowest BCUT2D eigenvalue weighted by molar-refractivity contribution is 0.155. The molecule has 0 aliphatic carbocycles. The minimum absolute atomic E-state index is 0.0120. The van der Waals surface area contributed by atoms with E-state index in [0.29, 0.717) is 11.5 Å². The molecule has 1 fully saturated rings. The van der Waals surface area contributed by atoms with Crippen LogP contribution in [0.3, 0.4) is 0 Å². The third-order valence-electron chi connectivity index (χ3n) is 2.52. The number of nitrogens with one attached hydrogen (secondary N) is 1. The molecule has 0 aromatic carbocycles. The van der Waals surface area contributed by atoms with Crippen LogP contribution in [0.5, 0.6) is 0 Å². The third kappa shape index (κ3) is 3.77. The monoisotopic (exact) mass is 219 g/mol. The Hall–Kier alpha value is 0.230. The Bertz CT molecular complexity index is 172. The van der Waals surface area contributed by atoms with Crippen molar-refractivity contribution < 1.29 is 10.2 Å². The molecule has 0 saturated carbocycles. The molecule has 84 valence electrons. The highest BCUT2D eigenvalue weighted by atomic mass is 32.2. The zero-order chi connectivity index (χ0) is 10.6. The van der Waals surface area contributed by atoms with Crippen LogP contribution in [-0.4, -0.2) is 47.0 Å². The van der Waals surface area contributed by atoms with Crippen molar-refractivity contribution in [3.63, 3.8) is 0 Å². The van der Waals surface area contributed by atoms with Crippen LogP contribution in [0.2, 0.25) is 0 Å². The van der Waals surface area contributed by atoms with E-state index in [1.165, 1.54) is 5.75 Å². The summed E-state index contributed by atoms with van der Waals surface area (Å²) in [6.07, 6.45) is 1.12. The first-order chi connectivity index (χ1) is 6.57. The lowest BCUT2D eigenvalue weighted by Gasteiger charge is -2.36. The molecule has 0 aromatic heterocycles. The fourth-order valence-corrected chi connectivity index (χ4v) is 3.15. The third-order valence-corrected chi connectivity index (χ3v) is 4.15. The zero-order valence-corrected chi connectivity index (χ0v) is 9.81. The lowest BCUT2D eigenvalue weighted by atomic mass is 9.87. The first-order valence-corrected chi connectivity index (χ1v) is 6.28. The average molecular weight is 219 g/mol. The van der Waals surface area contributed by atoms with Gasteiger partial charge >= 0.3 is 0 Å². The summed E-state index contributed by atoms with van der Waals surface area (Å²) in [5, 5.41) is 21.2. The largest absolute Gasteiger partial charge is 0.395 e. The minimum Gasteiger partial charge on any atom is -0.395 e. The van der Waals surface area contributed by atoms with Gasteiger partial charge in [0.2, 0.25) is 0 Å². The Labute approximate surface area is 90.3 Å². The number of thioether (sulfide) groups is 1. The highest BCUT2D eigenvalue weighted by Crippen LogP contribution is 2.33. The molecule has 0 spiro atoms. The second kappa shape index (κ2) is 5.35. The summed E-state index contributed by atoms with van der Waals surface area (Å²) < 4.78 is 0. The van der Waals surface area contributed by atoms with Gasteiger partial charge < -0.3 is 15.5 Å². The van der Waals surface area contributed by atoms with Crippen molar-refractivity contribution in [2.75, 3.05) is 24.7 Å². The predicted molar refractivity (Wildman–Crippen MR) is 60.6 cm³/mol. The molecule has 14 heavy (non-hydrogen) atoms. The number of aliphatic hydroxyl groups excluding tert-OH is 2. The SMILES string of the molecule is CC1(C)CSCC(NC(CO)CO)C1. The van der Waals surface area contributed by atoms with E-state index in [9.17, 15) is 0 Å². The van der Waals surface area contributed by atoms with Gasteiger partial charge in [0.25, 0.3) is 0 Å². The van der Waals surface area contributed by atoms with E-state index < -0.39 is 0 Å². The summed E-state index contributed by atoms with van der Waals surface area (Å²) in [4.78, 5) is 0. The van der Waals surface area contributed by atoms with Crippen molar-refractivity contribution in [3.8, 4) is 0 Å². The van der Waals surface area contributed by atoms with Crippen LogP contribution < -0.4 is 5.32 Å². The highest BCUT2D eigenvalue weighted by Gasteiger charge is 2.29. The van der Waals surface area contributed by atoms with Gasteiger partial charge in [0.05, 0.1) is 19.3 Å². The van der Waals surface area contributed by atoms with Crippen LogP contribution in [-0.2, 0) is 0 Å². The fourth-order valence-electron chi connectivity index (χ4n) is 1.87. The molecule has 0 aromatic rings. The molecule has 3 nitrogen and oxygen atoms in total. The van der Waals surface area contributed by atoms with Gasteiger partial charge in [-0.25, -0.2) is 0 Å². The Morgan fingerprint density at radius 3 is 2.57 bits per heavy atom. The summed E-state index contributed by atoms with van der Waals surface area (Å²) in [5.41, 5.74) is 0.371. The topological polar surface area (TPSA) is 52.5 Å². The van der Waals surface area contributed by atoms with Gasteiger partial charge in [0.15, 0.2) is 0 Å². The highest BCUT2D eigenvalue weighted by molar-refractivity contribution is 7.99. The summed E-state index contributed by atoms with van der Waals surface area (Å²) in [6.45, 7) is 4.55. The van der Waals surface area contributed by atoms with Gasteiger partial charge in [-0.3, -0.25) is 0 Å². The molecule has 1 rings (SSSR count). The van der Waals surface area contributed by atoms with Crippen LogP contribution in [0, 0.1) is 5.41 Å². The maximum atomic E-state index is 8.96. The Morgan fingerprint density at radius 1 is 1.43 bits per heavy atom. The van der Waals surface area contributed by atoms with Crippen molar-refractivity contribution in [2.45, 2.75) is 32.4 Å². The van der Waals surface area contributed by atoms with E-state index in [2.05, 4.69) is 19.2 Å². The maximum absolute atomic E-state index is 8.96. The van der Waals surface area contributed by atoms with Crippen molar-refractivity contribution in [1.82, 2.24) is 5.32 Å². The van der Waals surface area contributed by atoms with Crippen LogP contribution in [0.1, 0.15) is 20.3 Å². The minimum atomic E-state index is -0.158. The normalized spacial score (nSPS) is 26.8. The molecule has 3 N–H and O–H groups in total. The number of hydrogen-bond donors (Lipinski definition) is 3. The molecular weight excluding hydrogens is 198 g/mol. The van der Waals surface area contributed by atoms with Gasteiger partial charge in [-0.05, 0) is 17.6 Å². The Balaban J connectivity index is 2.37. The summed E-state index contributed by atoms with van der Waals surface area (Å²) in [6, 6.07) is 0.266. The van der Waals surface area contributed by atoms with E-state index in [1.54, 1.807) is 0 Å². The first kappa shape index (κ1) is 12.3. The maximum Gasteiger partial charge on any atom is 0.0607 e. The van der Waals surface area contributed by atoms with Crippen molar-refractivity contribution >= 4 is 11.8 Å². The number of aliphatic hydroxyl groups is 2. The lowest BCUT2D eigenvalue weighted by Crippen LogP contribution is -2.48. The van der Waals surface area contributed by atoms with Gasteiger partial charge in [0.1, 0.15) is 0 Å². The second-order valence-corrected chi connectivity index (χ2v) is 5.84. The van der Waals surface area contributed by atoms with Gasteiger partial charge in [-0.15, -0.1) is 0 Å². The van der Waals surface area contributed by atoms with Crippen LogP contribution >= 0.6 is 11.8 Å². The fraction of sp³-hybridized carbons (Fsp3) is 1.00. The van der Waals surface area contributed by atoms with Crippen molar-refractivity contribution in [3.05, 3.63) is 0 Å². The molecule has 1 saturated heterocycles. The van der Waals surface area contributed by atoms with Crippen molar-refractivity contribution in [2.24, 2.45) is 5.41 Å². The van der Waals surface area contributed by atoms with Crippen molar-refractivity contribution in [1.29, 1.82) is 0 Å². The average Bonchev–Trinajstić information content (AvgIpc) is 2.12. The summed E-state index contributed by atoms with van der Waals surface area (Å²) in [7, 11) is 0.